The van der Waals surface area contributed by atoms with E-state index >= 15 is 0 Å². The molecule has 6 nitrogen and oxygen atoms in total. The molecule has 1 amide bonds. The molecule has 0 spiro atoms. The molecule has 1 aromatic heterocycles. The highest BCUT2D eigenvalue weighted by Crippen LogP contribution is 2.39. The van der Waals surface area contributed by atoms with Crippen LogP contribution in [0, 0.1) is 12.8 Å². The SMILES string of the molecule is COc1ccc2c(c1)N1CCN(c3ccc(C)cc3)CC1C(C(=O)NCc1ccncc1)C2. The third kappa shape index (κ3) is 4.38. The zero-order valence-corrected chi connectivity index (χ0v) is 19.2. The maximum Gasteiger partial charge on any atom is 0.225 e. The highest BCUT2D eigenvalue weighted by Gasteiger charge is 2.41. The predicted molar refractivity (Wildman–Crippen MR) is 131 cm³/mol. The molecular weight excluding hydrogens is 412 g/mol. The van der Waals surface area contributed by atoms with Crippen LogP contribution in [0.15, 0.2) is 67.0 Å². The quantitative estimate of drug-likeness (QED) is 0.655. The molecule has 5 rings (SSSR count). The minimum absolute atomic E-state index is 0.0945. The molecule has 6 heteroatoms. The lowest BCUT2D eigenvalue weighted by Crippen LogP contribution is -2.61. The smallest absolute Gasteiger partial charge is 0.225 e. The first kappa shape index (κ1) is 21.3. The second kappa shape index (κ2) is 9.14. The van der Waals surface area contributed by atoms with Crippen LogP contribution in [0.1, 0.15) is 16.7 Å². The van der Waals surface area contributed by atoms with Gasteiger partial charge in [0.15, 0.2) is 0 Å². The van der Waals surface area contributed by atoms with Crippen molar-refractivity contribution >= 4 is 17.3 Å². The van der Waals surface area contributed by atoms with Crippen molar-refractivity contribution in [2.75, 3.05) is 36.5 Å². The van der Waals surface area contributed by atoms with E-state index in [0.717, 1.165) is 37.4 Å². The number of piperazine rings is 1. The van der Waals surface area contributed by atoms with Gasteiger partial charge in [-0.2, -0.15) is 0 Å². The van der Waals surface area contributed by atoms with E-state index in [0.29, 0.717) is 6.54 Å². The molecule has 33 heavy (non-hydrogen) atoms. The van der Waals surface area contributed by atoms with Gasteiger partial charge in [-0.25, -0.2) is 0 Å². The molecule has 2 unspecified atom stereocenters. The summed E-state index contributed by atoms with van der Waals surface area (Å²) in [7, 11) is 1.70. The van der Waals surface area contributed by atoms with E-state index in [1.807, 2.05) is 18.2 Å². The minimum atomic E-state index is -0.124. The summed E-state index contributed by atoms with van der Waals surface area (Å²) in [5.74, 6) is 0.837. The summed E-state index contributed by atoms with van der Waals surface area (Å²) in [5.41, 5.74) is 5.93. The van der Waals surface area contributed by atoms with E-state index < -0.39 is 0 Å². The van der Waals surface area contributed by atoms with Gasteiger partial charge in [-0.1, -0.05) is 23.8 Å². The van der Waals surface area contributed by atoms with E-state index in [4.69, 9.17) is 4.74 Å². The van der Waals surface area contributed by atoms with Gasteiger partial charge in [0.2, 0.25) is 5.91 Å². The lowest BCUT2D eigenvalue weighted by atomic mass is 9.83. The molecular formula is C27H30N4O2. The summed E-state index contributed by atoms with van der Waals surface area (Å²) < 4.78 is 5.50. The lowest BCUT2D eigenvalue weighted by Gasteiger charge is -2.49. The van der Waals surface area contributed by atoms with Gasteiger partial charge in [-0.15, -0.1) is 0 Å². The first-order chi connectivity index (χ1) is 16.1. The lowest BCUT2D eigenvalue weighted by molar-refractivity contribution is -0.126. The van der Waals surface area contributed by atoms with Crippen LogP contribution in [-0.2, 0) is 17.8 Å². The number of anilines is 2. The first-order valence-corrected chi connectivity index (χ1v) is 11.5. The molecule has 2 aliphatic rings. The summed E-state index contributed by atoms with van der Waals surface area (Å²) in [5, 5.41) is 3.18. The molecule has 2 atom stereocenters. The van der Waals surface area contributed by atoms with Gasteiger partial charge in [0, 0.05) is 56.0 Å². The molecule has 0 bridgehead atoms. The van der Waals surface area contributed by atoms with E-state index in [-0.39, 0.29) is 17.9 Å². The van der Waals surface area contributed by atoms with E-state index in [9.17, 15) is 4.79 Å². The second-order valence-electron chi connectivity index (χ2n) is 8.92. The number of hydrogen-bond acceptors (Lipinski definition) is 5. The van der Waals surface area contributed by atoms with E-state index in [2.05, 4.69) is 63.4 Å². The highest BCUT2D eigenvalue weighted by atomic mass is 16.5. The van der Waals surface area contributed by atoms with Crippen LogP contribution in [0.4, 0.5) is 11.4 Å². The Kier molecular flexibility index (Phi) is 5.90. The Balaban J connectivity index is 1.42. The summed E-state index contributed by atoms with van der Waals surface area (Å²) in [6, 6.07) is 18.9. The Morgan fingerprint density at radius 1 is 1.09 bits per heavy atom. The molecule has 0 radical (unpaired) electrons. The fraction of sp³-hybridized carbons (Fsp3) is 0.333. The standard InChI is InChI=1S/C27H30N4O2/c1-19-3-6-22(7-4-19)30-13-14-31-25-16-23(33-2)8-5-21(25)15-24(26(31)18-30)27(32)29-17-20-9-11-28-12-10-20/h3-12,16,24,26H,13-15,17-18H2,1-2H3,(H,29,32). The number of rotatable bonds is 5. The maximum absolute atomic E-state index is 13.5. The minimum Gasteiger partial charge on any atom is -0.497 e. The largest absolute Gasteiger partial charge is 0.497 e. The fourth-order valence-electron chi connectivity index (χ4n) is 5.02. The van der Waals surface area contributed by atoms with Crippen molar-refractivity contribution in [3.63, 3.8) is 0 Å². The average Bonchev–Trinajstić information content (AvgIpc) is 2.87. The number of hydrogen-bond donors (Lipinski definition) is 1. The predicted octanol–water partition coefficient (Wildman–Crippen LogP) is 3.58. The third-order valence-electron chi connectivity index (χ3n) is 6.88. The number of benzene rings is 2. The van der Waals surface area contributed by atoms with Gasteiger partial charge in [0.25, 0.3) is 0 Å². The van der Waals surface area contributed by atoms with Gasteiger partial charge in [0.1, 0.15) is 5.75 Å². The second-order valence-corrected chi connectivity index (χ2v) is 8.92. The molecule has 1 fully saturated rings. The zero-order valence-electron chi connectivity index (χ0n) is 19.2. The van der Waals surface area contributed by atoms with Crippen molar-refractivity contribution in [2.45, 2.75) is 25.9 Å². The van der Waals surface area contributed by atoms with Gasteiger partial charge in [-0.05, 0) is 54.8 Å². The number of aryl methyl sites for hydroxylation is 1. The molecule has 2 aromatic carbocycles. The molecule has 1 saturated heterocycles. The number of aromatic nitrogens is 1. The number of fused-ring (bicyclic) bond motifs is 3. The van der Waals surface area contributed by atoms with Gasteiger partial charge < -0.3 is 19.9 Å². The Bertz CT molecular complexity index is 1120. The van der Waals surface area contributed by atoms with Crippen LogP contribution < -0.4 is 19.9 Å². The van der Waals surface area contributed by atoms with Crippen molar-refractivity contribution < 1.29 is 9.53 Å². The van der Waals surface area contributed by atoms with E-state index in [1.165, 1.54) is 22.5 Å². The van der Waals surface area contributed by atoms with Crippen LogP contribution >= 0.6 is 0 Å². The van der Waals surface area contributed by atoms with Crippen molar-refractivity contribution in [2.24, 2.45) is 5.92 Å². The molecule has 3 aromatic rings. The van der Waals surface area contributed by atoms with Crippen LogP contribution in [0.2, 0.25) is 0 Å². The molecule has 170 valence electrons. The number of amides is 1. The number of carbonyl (C=O) groups excluding carboxylic acids is 1. The van der Waals surface area contributed by atoms with Gasteiger partial charge in [-0.3, -0.25) is 9.78 Å². The zero-order chi connectivity index (χ0) is 22.8. The number of carbonyl (C=O) groups is 1. The number of nitrogens with one attached hydrogen (secondary N) is 1. The maximum atomic E-state index is 13.5. The van der Waals surface area contributed by atoms with Crippen LogP contribution in [0.3, 0.4) is 0 Å². The summed E-state index contributed by atoms with van der Waals surface area (Å²) in [6.07, 6.45) is 4.24. The normalized spacial score (nSPS) is 19.5. The van der Waals surface area contributed by atoms with E-state index in [1.54, 1.807) is 19.5 Å². The molecule has 3 heterocycles. The number of methoxy groups -OCH3 is 1. The van der Waals surface area contributed by atoms with Crippen molar-refractivity contribution in [3.05, 3.63) is 83.7 Å². The van der Waals surface area contributed by atoms with Crippen molar-refractivity contribution in [1.82, 2.24) is 10.3 Å². The first-order valence-electron chi connectivity index (χ1n) is 11.5. The van der Waals surface area contributed by atoms with Gasteiger partial charge in [0.05, 0.1) is 19.1 Å². The van der Waals surface area contributed by atoms with Crippen LogP contribution in [0.5, 0.6) is 5.75 Å². The Morgan fingerprint density at radius 3 is 2.64 bits per heavy atom. The molecule has 1 N–H and O–H groups in total. The van der Waals surface area contributed by atoms with Crippen LogP contribution in [0.25, 0.3) is 0 Å². The monoisotopic (exact) mass is 442 g/mol. The number of pyridine rings is 1. The van der Waals surface area contributed by atoms with Crippen molar-refractivity contribution in [1.29, 1.82) is 0 Å². The third-order valence-corrected chi connectivity index (χ3v) is 6.88. The van der Waals surface area contributed by atoms with Gasteiger partial charge >= 0.3 is 0 Å². The molecule has 0 saturated carbocycles. The molecule has 2 aliphatic heterocycles. The Morgan fingerprint density at radius 2 is 1.88 bits per heavy atom. The Labute approximate surface area is 195 Å². The number of nitrogens with zero attached hydrogens (tertiary/aromatic N) is 3. The number of ether oxygens (including phenoxy) is 1. The summed E-state index contributed by atoms with van der Waals surface area (Å²) >= 11 is 0. The topological polar surface area (TPSA) is 57.7 Å². The molecule has 0 aliphatic carbocycles. The fourth-order valence-corrected chi connectivity index (χ4v) is 5.02. The Hall–Kier alpha value is -3.54. The summed E-state index contributed by atoms with van der Waals surface area (Å²) in [6.45, 7) is 5.22. The van der Waals surface area contributed by atoms with Crippen LogP contribution in [-0.4, -0.2) is 43.7 Å². The average molecular weight is 443 g/mol. The summed E-state index contributed by atoms with van der Waals surface area (Å²) in [4.78, 5) is 22.3. The highest BCUT2D eigenvalue weighted by molar-refractivity contribution is 5.82. The van der Waals surface area contributed by atoms with Crippen molar-refractivity contribution in [3.8, 4) is 5.75 Å².